The molecule has 1 aliphatic heterocycles. The van der Waals surface area contributed by atoms with Crippen molar-refractivity contribution in [2.45, 2.75) is 19.4 Å². The molecule has 1 saturated heterocycles. The van der Waals surface area contributed by atoms with Crippen LogP contribution in [0.5, 0.6) is 11.6 Å². The largest absolute Gasteiger partial charge is 0.497 e. The van der Waals surface area contributed by atoms with Crippen molar-refractivity contribution < 1.29 is 14.6 Å². The molecule has 1 atom stereocenters. The molecule has 1 aromatic carbocycles. The summed E-state index contributed by atoms with van der Waals surface area (Å²) in [5, 5.41) is 15.3. The number of hydrogen-bond donors (Lipinski definition) is 1. The Bertz CT molecular complexity index is 884. The molecule has 26 heavy (non-hydrogen) atoms. The van der Waals surface area contributed by atoms with Crippen molar-refractivity contribution in [2.24, 2.45) is 0 Å². The van der Waals surface area contributed by atoms with E-state index in [9.17, 15) is 5.11 Å². The third-order valence-corrected chi connectivity index (χ3v) is 5.72. The molecule has 8 heteroatoms. The van der Waals surface area contributed by atoms with Gasteiger partial charge >= 0.3 is 0 Å². The van der Waals surface area contributed by atoms with E-state index in [1.54, 1.807) is 11.6 Å². The van der Waals surface area contributed by atoms with Crippen LogP contribution in [0.3, 0.4) is 0 Å². The highest BCUT2D eigenvalue weighted by Gasteiger charge is 2.30. The number of fused-ring (bicyclic) bond motifs is 1. The van der Waals surface area contributed by atoms with E-state index in [0.29, 0.717) is 13.2 Å². The average Bonchev–Trinajstić information content (AvgIpc) is 3.23. The minimum Gasteiger partial charge on any atom is -0.497 e. The van der Waals surface area contributed by atoms with Gasteiger partial charge in [0.05, 0.1) is 31.2 Å². The summed E-state index contributed by atoms with van der Waals surface area (Å²) in [6, 6.07) is 7.93. The predicted molar refractivity (Wildman–Crippen MR) is 99.1 cm³/mol. The first-order valence-corrected chi connectivity index (χ1v) is 9.56. The van der Waals surface area contributed by atoms with Crippen molar-refractivity contribution in [3.8, 4) is 11.6 Å². The van der Waals surface area contributed by atoms with Crippen LogP contribution < -0.4 is 4.74 Å². The highest BCUT2D eigenvalue weighted by atomic mass is 32.1. The summed E-state index contributed by atoms with van der Waals surface area (Å²) >= 11 is 1.49. The molecule has 0 spiro atoms. The fraction of sp³-hybridized carbons (Fsp3) is 0.444. The van der Waals surface area contributed by atoms with Crippen molar-refractivity contribution in [2.75, 3.05) is 33.4 Å². The Balaban J connectivity index is 1.78. The van der Waals surface area contributed by atoms with E-state index in [1.807, 2.05) is 31.2 Å². The van der Waals surface area contributed by atoms with Gasteiger partial charge in [0.15, 0.2) is 5.82 Å². The zero-order chi connectivity index (χ0) is 18.1. The second-order valence-corrected chi connectivity index (χ2v) is 7.20. The Morgan fingerprint density at radius 3 is 2.62 bits per heavy atom. The van der Waals surface area contributed by atoms with Gasteiger partial charge in [-0.15, -0.1) is 5.10 Å². The van der Waals surface area contributed by atoms with Crippen molar-refractivity contribution in [1.82, 2.24) is 19.5 Å². The predicted octanol–water partition coefficient (Wildman–Crippen LogP) is 2.49. The highest BCUT2D eigenvalue weighted by Crippen LogP contribution is 2.40. The topological polar surface area (TPSA) is 72.1 Å². The number of benzene rings is 1. The van der Waals surface area contributed by atoms with Gasteiger partial charge in [-0.25, -0.2) is 4.98 Å². The van der Waals surface area contributed by atoms with Crippen LogP contribution in [0, 0.1) is 0 Å². The first-order valence-electron chi connectivity index (χ1n) is 8.74. The Hall–Kier alpha value is -2.16. The number of thiazole rings is 1. The van der Waals surface area contributed by atoms with E-state index in [0.717, 1.165) is 46.5 Å². The molecule has 138 valence electrons. The summed E-state index contributed by atoms with van der Waals surface area (Å²) in [5.41, 5.74) is 1.10. The second-order valence-electron chi connectivity index (χ2n) is 6.19. The molecular formula is C18H22N4O3S. The number of rotatable bonds is 5. The van der Waals surface area contributed by atoms with Crippen LogP contribution in [0.15, 0.2) is 24.3 Å². The lowest BCUT2D eigenvalue weighted by molar-refractivity contribution is 0.0241. The molecule has 1 N–H and O–H groups in total. The van der Waals surface area contributed by atoms with Crippen LogP contribution in [0.4, 0.5) is 0 Å². The van der Waals surface area contributed by atoms with Crippen LogP contribution in [0.2, 0.25) is 0 Å². The third-order valence-electron chi connectivity index (χ3n) is 4.65. The molecule has 0 bridgehead atoms. The Morgan fingerprint density at radius 1 is 1.27 bits per heavy atom. The molecule has 3 aromatic rings. The third kappa shape index (κ3) is 3.04. The molecule has 7 nitrogen and oxygen atoms in total. The van der Waals surface area contributed by atoms with Gasteiger partial charge in [0.1, 0.15) is 5.75 Å². The number of ether oxygens (including phenoxy) is 2. The molecule has 1 aliphatic rings. The van der Waals surface area contributed by atoms with E-state index in [1.165, 1.54) is 11.3 Å². The lowest BCUT2D eigenvalue weighted by Gasteiger charge is -2.34. The van der Waals surface area contributed by atoms with E-state index in [2.05, 4.69) is 15.0 Å². The van der Waals surface area contributed by atoms with Gasteiger partial charge in [-0.05, 0) is 17.7 Å². The molecule has 0 aliphatic carbocycles. The number of aryl methyl sites for hydroxylation is 1. The molecule has 0 radical (unpaired) electrons. The van der Waals surface area contributed by atoms with Crippen molar-refractivity contribution in [1.29, 1.82) is 0 Å². The number of methoxy groups -OCH3 is 1. The number of nitrogens with zero attached hydrogens (tertiary/aromatic N) is 4. The normalized spacial score (nSPS) is 16.8. The standard InChI is InChI=1S/C18H22N4O3S/c1-3-14-19-18-22(20-14)17(23)16(26-18)15(21-8-10-25-11-9-21)12-4-6-13(24-2)7-5-12/h4-7,15,23H,3,8-11H2,1-2H3/t15-/m1/s1. The van der Waals surface area contributed by atoms with Gasteiger partial charge in [-0.3, -0.25) is 4.90 Å². The minimum absolute atomic E-state index is 0.0663. The van der Waals surface area contributed by atoms with Gasteiger partial charge in [-0.1, -0.05) is 30.4 Å². The molecule has 0 amide bonds. The van der Waals surface area contributed by atoms with Gasteiger partial charge in [-0.2, -0.15) is 4.52 Å². The average molecular weight is 374 g/mol. The molecule has 3 heterocycles. The van der Waals surface area contributed by atoms with E-state index in [4.69, 9.17) is 9.47 Å². The van der Waals surface area contributed by atoms with Crippen LogP contribution in [0.25, 0.3) is 4.96 Å². The zero-order valence-electron chi connectivity index (χ0n) is 14.9. The van der Waals surface area contributed by atoms with Gasteiger partial charge < -0.3 is 14.6 Å². The number of morpholine rings is 1. The first kappa shape index (κ1) is 17.3. The first-order chi connectivity index (χ1) is 12.7. The van der Waals surface area contributed by atoms with Crippen molar-refractivity contribution in [3.05, 3.63) is 40.5 Å². The van der Waals surface area contributed by atoms with Crippen LogP contribution in [0.1, 0.15) is 29.2 Å². The van der Waals surface area contributed by atoms with Crippen LogP contribution >= 0.6 is 11.3 Å². The molecular weight excluding hydrogens is 352 g/mol. The van der Waals surface area contributed by atoms with Crippen molar-refractivity contribution in [3.63, 3.8) is 0 Å². The fourth-order valence-corrected chi connectivity index (χ4v) is 4.40. The Labute approximate surface area is 155 Å². The van der Waals surface area contributed by atoms with Gasteiger partial charge in [0, 0.05) is 19.5 Å². The van der Waals surface area contributed by atoms with Gasteiger partial charge in [0.2, 0.25) is 10.8 Å². The SMILES string of the molecule is CCc1nc2sc([C@@H](c3ccc(OC)cc3)N3CCOCC3)c(O)n2n1. The summed E-state index contributed by atoms with van der Waals surface area (Å²) in [6.07, 6.45) is 0.745. The monoisotopic (exact) mass is 374 g/mol. The smallest absolute Gasteiger partial charge is 0.230 e. The Morgan fingerprint density at radius 2 is 2.00 bits per heavy atom. The lowest BCUT2D eigenvalue weighted by Crippen LogP contribution is -2.39. The maximum Gasteiger partial charge on any atom is 0.230 e. The maximum atomic E-state index is 10.8. The van der Waals surface area contributed by atoms with Crippen LogP contribution in [-0.2, 0) is 11.2 Å². The number of aromatic nitrogens is 3. The highest BCUT2D eigenvalue weighted by molar-refractivity contribution is 7.17. The van der Waals surface area contributed by atoms with E-state index in [-0.39, 0.29) is 11.9 Å². The summed E-state index contributed by atoms with van der Waals surface area (Å²) < 4.78 is 12.3. The van der Waals surface area contributed by atoms with Crippen molar-refractivity contribution >= 4 is 16.3 Å². The second kappa shape index (κ2) is 7.22. The van der Waals surface area contributed by atoms with Gasteiger partial charge in [0.25, 0.3) is 0 Å². The summed E-state index contributed by atoms with van der Waals surface area (Å²) in [6.45, 7) is 5.00. The molecule has 0 unspecified atom stereocenters. The van der Waals surface area contributed by atoms with Crippen LogP contribution in [-0.4, -0.2) is 58.0 Å². The molecule has 2 aromatic heterocycles. The maximum absolute atomic E-state index is 10.8. The molecule has 0 saturated carbocycles. The number of aromatic hydroxyl groups is 1. The van der Waals surface area contributed by atoms with E-state index >= 15 is 0 Å². The summed E-state index contributed by atoms with van der Waals surface area (Å²) in [4.78, 5) is 8.42. The minimum atomic E-state index is -0.0663. The lowest BCUT2D eigenvalue weighted by atomic mass is 10.0. The summed E-state index contributed by atoms with van der Waals surface area (Å²) in [7, 11) is 1.66. The molecule has 1 fully saturated rings. The zero-order valence-corrected chi connectivity index (χ0v) is 15.7. The fourth-order valence-electron chi connectivity index (χ4n) is 3.27. The Kier molecular flexibility index (Phi) is 4.80. The van der Waals surface area contributed by atoms with E-state index < -0.39 is 0 Å². The molecule has 4 rings (SSSR count). The quantitative estimate of drug-likeness (QED) is 0.740. The number of hydrogen-bond acceptors (Lipinski definition) is 7. The summed E-state index contributed by atoms with van der Waals surface area (Å²) in [5.74, 6) is 1.73.